The summed E-state index contributed by atoms with van der Waals surface area (Å²) in [5.41, 5.74) is 0.850. The summed E-state index contributed by atoms with van der Waals surface area (Å²) >= 11 is 0. The summed E-state index contributed by atoms with van der Waals surface area (Å²) in [6, 6.07) is 4.58. The topological polar surface area (TPSA) is 63.5 Å². The number of ketones is 1. The first-order valence-corrected chi connectivity index (χ1v) is 6.08. The van der Waals surface area contributed by atoms with Crippen LogP contribution in [0, 0.1) is 10.1 Å². The third kappa shape index (κ3) is 3.91. The molecule has 0 atom stereocenters. The molecule has 5 heteroatoms. The lowest BCUT2D eigenvalue weighted by molar-refractivity contribution is -0.384. The Morgan fingerprint density at radius 1 is 1.53 bits per heavy atom. The van der Waals surface area contributed by atoms with E-state index in [1.165, 1.54) is 13.0 Å². The van der Waals surface area contributed by atoms with Crippen molar-refractivity contribution in [1.29, 1.82) is 0 Å². The van der Waals surface area contributed by atoms with Crippen molar-refractivity contribution in [3.05, 3.63) is 46.5 Å². The van der Waals surface area contributed by atoms with Crippen LogP contribution in [0.4, 0.5) is 11.4 Å². The van der Waals surface area contributed by atoms with Crippen LogP contribution in [0.25, 0.3) is 0 Å². The van der Waals surface area contributed by atoms with Crippen LogP contribution in [0.15, 0.2) is 30.9 Å². The monoisotopic (exact) mass is 262 g/mol. The lowest BCUT2D eigenvalue weighted by atomic mass is 10.1. The average Bonchev–Trinajstić information content (AvgIpc) is 2.38. The SMILES string of the molecule is C=CCCCN(C)c1ccc(C(C)=O)cc1[N+](=O)[O-]. The third-order valence-electron chi connectivity index (χ3n) is 2.89. The molecule has 0 N–H and O–H groups in total. The van der Waals surface area contributed by atoms with E-state index in [9.17, 15) is 14.9 Å². The molecule has 1 rings (SSSR count). The highest BCUT2D eigenvalue weighted by atomic mass is 16.6. The van der Waals surface area contributed by atoms with Crippen LogP contribution in [-0.4, -0.2) is 24.3 Å². The molecular formula is C14H18N2O3. The van der Waals surface area contributed by atoms with Gasteiger partial charge in [0.1, 0.15) is 5.69 Å². The van der Waals surface area contributed by atoms with Crippen molar-refractivity contribution in [2.24, 2.45) is 0 Å². The van der Waals surface area contributed by atoms with Gasteiger partial charge in [0, 0.05) is 25.2 Å². The molecule has 0 amide bonds. The second-order valence-corrected chi connectivity index (χ2v) is 4.37. The van der Waals surface area contributed by atoms with Crippen molar-refractivity contribution in [3.63, 3.8) is 0 Å². The number of nitro benzene ring substituents is 1. The normalized spacial score (nSPS) is 10.0. The van der Waals surface area contributed by atoms with E-state index in [0.29, 0.717) is 17.8 Å². The highest BCUT2D eigenvalue weighted by Gasteiger charge is 2.18. The standard InChI is InChI=1S/C14H18N2O3/c1-4-5-6-9-15(3)13-8-7-12(11(2)17)10-14(13)16(18)19/h4,7-8,10H,1,5-6,9H2,2-3H3. The zero-order valence-electron chi connectivity index (χ0n) is 11.3. The Labute approximate surface area is 112 Å². The maximum atomic E-state index is 11.3. The van der Waals surface area contributed by atoms with E-state index >= 15 is 0 Å². The van der Waals surface area contributed by atoms with Crippen LogP contribution in [0.2, 0.25) is 0 Å². The largest absolute Gasteiger partial charge is 0.369 e. The number of hydrogen-bond acceptors (Lipinski definition) is 4. The van der Waals surface area contributed by atoms with Crippen molar-refractivity contribution >= 4 is 17.2 Å². The molecule has 0 saturated heterocycles. The quantitative estimate of drug-likeness (QED) is 0.249. The lowest BCUT2D eigenvalue weighted by Gasteiger charge is -2.19. The zero-order valence-corrected chi connectivity index (χ0v) is 11.3. The number of nitrogens with zero attached hydrogens (tertiary/aromatic N) is 2. The summed E-state index contributed by atoms with van der Waals surface area (Å²) in [5.74, 6) is -0.177. The lowest BCUT2D eigenvalue weighted by Crippen LogP contribution is -2.19. The summed E-state index contributed by atoms with van der Waals surface area (Å²) in [4.78, 5) is 23.7. The molecule has 0 aliphatic heterocycles. The molecule has 0 heterocycles. The summed E-state index contributed by atoms with van der Waals surface area (Å²) in [6.07, 6.45) is 3.57. The second-order valence-electron chi connectivity index (χ2n) is 4.37. The Balaban J connectivity index is 3.02. The Hall–Kier alpha value is -2.17. The van der Waals surface area contributed by atoms with E-state index in [-0.39, 0.29) is 11.5 Å². The maximum absolute atomic E-state index is 11.3. The molecule has 1 aromatic carbocycles. The summed E-state index contributed by atoms with van der Waals surface area (Å²) in [6.45, 7) is 5.74. The van der Waals surface area contributed by atoms with Crippen LogP contribution in [0.1, 0.15) is 30.1 Å². The van der Waals surface area contributed by atoms with E-state index < -0.39 is 4.92 Å². The highest BCUT2D eigenvalue weighted by molar-refractivity contribution is 5.95. The Morgan fingerprint density at radius 3 is 2.74 bits per heavy atom. The van der Waals surface area contributed by atoms with Crippen molar-refractivity contribution in [1.82, 2.24) is 0 Å². The van der Waals surface area contributed by atoms with Crippen molar-refractivity contribution in [2.75, 3.05) is 18.5 Å². The Morgan fingerprint density at radius 2 is 2.21 bits per heavy atom. The predicted octanol–water partition coefficient (Wildman–Crippen LogP) is 3.20. The smallest absolute Gasteiger partial charge is 0.293 e. The Bertz CT molecular complexity index is 497. The molecule has 19 heavy (non-hydrogen) atoms. The van der Waals surface area contributed by atoms with Crippen molar-refractivity contribution < 1.29 is 9.72 Å². The van der Waals surface area contributed by atoms with Gasteiger partial charge in [-0.05, 0) is 31.9 Å². The van der Waals surface area contributed by atoms with Gasteiger partial charge in [-0.15, -0.1) is 6.58 Å². The maximum Gasteiger partial charge on any atom is 0.293 e. The minimum absolute atomic E-state index is 0.0335. The molecule has 0 radical (unpaired) electrons. The summed E-state index contributed by atoms with van der Waals surface area (Å²) < 4.78 is 0. The van der Waals surface area contributed by atoms with Gasteiger partial charge in [-0.3, -0.25) is 14.9 Å². The van der Waals surface area contributed by atoms with Gasteiger partial charge in [0.05, 0.1) is 4.92 Å². The fourth-order valence-corrected chi connectivity index (χ4v) is 1.80. The molecule has 0 fully saturated rings. The number of nitro groups is 1. The van der Waals surface area contributed by atoms with E-state index in [0.717, 1.165) is 12.8 Å². The Kier molecular flexibility index (Phi) is 5.23. The van der Waals surface area contributed by atoms with Gasteiger partial charge in [-0.25, -0.2) is 0 Å². The van der Waals surface area contributed by atoms with E-state index in [2.05, 4.69) is 6.58 Å². The number of anilines is 1. The van der Waals surface area contributed by atoms with Crippen LogP contribution in [-0.2, 0) is 0 Å². The van der Waals surface area contributed by atoms with E-state index in [1.54, 1.807) is 19.2 Å². The first kappa shape index (κ1) is 14.9. The van der Waals surface area contributed by atoms with E-state index in [1.807, 2.05) is 11.0 Å². The number of rotatable bonds is 7. The molecule has 102 valence electrons. The molecule has 0 unspecified atom stereocenters. The highest BCUT2D eigenvalue weighted by Crippen LogP contribution is 2.28. The van der Waals surface area contributed by atoms with Crippen LogP contribution in [0.3, 0.4) is 0 Å². The van der Waals surface area contributed by atoms with Gasteiger partial charge in [-0.1, -0.05) is 6.08 Å². The van der Waals surface area contributed by atoms with Gasteiger partial charge in [0.25, 0.3) is 5.69 Å². The van der Waals surface area contributed by atoms with Crippen LogP contribution < -0.4 is 4.90 Å². The number of Topliss-reactive ketones (excluding diaryl/α,β-unsaturated/α-hetero) is 1. The van der Waals surface area contributed by atoms with Gasteiger partial charge >= 0.3 is 0 Å². The first-order valence-electron chi connectivity index (χ1n) is 6.08. The van der Waals surface area contributed by atoms with Crippen LogP contribution in [0.5, 0.6) is 0 Å². The minimum Gasteiger partial charge on any atom is -0.369 e. The fourth-order valence-electron chi connectivity index (χ4n) is 1.80. The molecule has 0 aliphatic rings. The van der Waals surface area contributed by atoms with Crippen LogP contribution >= 0.6 is 0 Å². The number of allylic oxidation sites excluding steroid dienone is 1. The molecule has 0 bridgehead atoms. The number of unbranched alkanes of at least 4 members (excludes halogenated alkanes) is 1. The third-order valence-corrected chi connectivity index (χ3v) is 2.89. The fraction of sp³-hybridized carbons (Fsp3) is 0.357. The molecule has 0 aromatic heterocycles. The second kappa shape index (κ2) is 6.68. The number of carbonyl (C=O) groups is 1. The first-order chi connectivity index (χ1) is 8.97. The number of hydrogen-bond donors (Lipinski definition) is 0. The number of carbonyl (C=O) groups excluding carboxylic acids is 1. The molecular weight excluding hydrogens is 244 g/mol. The van der Waals surface area contributed by atoms with Gasteiger partial charge in [-0.2, -0.15) is 0 Å². The van der Waals surface area contributed by atoms with Crippen molar-refractivity contribution in [2.45, 2.75) is 19.8 Å². The predicted molar refractivity (Wildman–Crippen MR) is 75.8 cm³/mol. The minimum atomic E-state index is -0.453. The average molecular weight is 262 g/mol. The number of benzene rings is 1. The zero-order chi connectivity index (χ0) is 14.4. The van der Waals surface area contributed by atoms with Crippen molar-refractivity contribution in [3.8, 4) is 0 Å². The van der Waals surface area contributed by atoms with E-state index in [4.69, 9.17) is 0 Å². The van der Waals surface area contributed by atoms with Gasteiger partial charge < -0.3 is 4.90 Å². The molecule has 0 aliphatic carbocycles. The van der Waals surface area contributed by atoms with Gasteiger partial charge in [0.2, 0.25) is 0 Å². The van der Waals surface area contributed by atoms with Gasteiger partial charge in [0.15, 0.2) is 5.78 Å². The molecule has 0 spiro atoms. The summed E-state index contributed by atoms with van der Waals surface area (Å²) in [7, 11) is 1.80. The molecule has 1 aromatic rings. The molecule has 0 saturated carbocycles. The summed E-state index contributed by atoms with van der Waals surface area (Å²) in [5, 5.41) is 11.1. The molecule has 5 nitrogen and oxygen atoms in total.